The van der Waals surface area contributed by atoms with E-state index in [9.17, 15) is 9.59 Å². The van der Waals surface area contributed by atoms with Crippen molar-refractivity contribution < 1.29 is 19.1 Å². The van der Waals surface area contributed by atoms with E-state index in [4.69, 9.17) is 9.47 Å². The van der Waals surface area contributed by atoms with Crippen molar-refractivity contribution in [2.24, 2.45) is 0 Å². The van der Waals surface area contributed by atoms with Gasteiger partial charge in [-0.2, -0.15) is 0 Å². The van der Waals surface area contributed by atoms with Gasteiger partial charge >= 0.3 is 5.97 Å². The number of ether oxygens (including phenoxy) is 2. The molecule has 6 nitrogen and oxygen atoms in total. The molecule has 1 amide bonds. The van der Waals surface area contributed by atoms with Crippen molar-refractivity contribution in [3.8, 4) is 0 Å². The molecule has 0 bridgehead atoms. The van der Waals surface area contributed by atoms with Crippen LogP contribution >= 0.6 is 11.3 Å². The predicted molar refractivity (Wildman–Crippen MR) is 100 cm³/mol. The van der Waals surface area contributed by atoms with Gasteiger partial charge in [0, 0.05) is 25.6 Å². The topological polar surface area (TPSA) is 68.7 Å². The lowest BCUT2D eigenvalue weighted by Crippen LogP contribution is -2.33. The first-order chi connectivity index (χ1) is 12.6. The van der Waals surface area contributed by atoms with Crippen LogP contribution in [0.5, 0.6) is 0 Å². The monoisotopic (exact) mass is 376 g/mol. The van der Waals surface area contributed by atoms with E-state index in [1.54, 1.807) is 24.3 Å². The molecule has 0 aliphatic carbocycles. The summed E-state index contributed by atoms with van der Waals surface area (Å²) in [7, 11) is 1.64. The van der Waals surface area contributed by atoms with Crippen LogP contribution in [-0.2, 0) is 27.2 Å². The largest absolute Gasteiger partial charge is 0.461 e. The first-order valence-corrected chi connectivity index (χ1v) is 9.44. The van der Waals surface area contributed by atoms with Crippen LogP contribution in [0.1, 0.15) is 34.4 Å². The molecule has 26 heavy (non-hydrogen) atoms. The third-order valence-electron chi connectivity index (χ3n) is 3.69. The van der Waals surface area contributed by atoms with Crippen molar-refractivity contribution in [2.45, 2.75) is 26.3 Å². The van der Waals surface area contributed by atoms with Crippen LogP contribution in [-0.4, -0.2) is 48.6 Å². The Balaban J connectivity index is 2.04. The second-order valence-electron chi connectivity index (χ2n) is 5.67. The Hall–Kier alpha value is -2.25. The van der Waals surface area contributed by atoms with Gasteiger partial charge in [-0.15, -0.1) is 11.3 Å². The molecule has 2 rings (SSSR count). The molecule has 0 atom stereocenters. The molecule has 2 aromatic rings. The lowest BCUT2D eigenvalue weighted by Gasteiger charge is -2.21. The fraction of sp³-hybridized carbons (Fsp3) is 0.421. The second-order valence-corrected chi connectivity index (χ2v) is 6.61. The van der Waals surface area contributed by atoms with E-state index in [-0.39, 0.29) is 5.91 Å². The highest BCUT2D eigenvalue weighted by atomic mass is 32.1. The molecule has 0 unspecified atom stereocenters. The van der Waals surface area contributed by atoms with Gasteiger partial charge in [0.15, 0.2) is 5.69 Å². The molecule has 0 aliphatic heterocycles. The van der Waals surface area contributed by atoms with Crippen LogP contribution in [0.15, 0.2) is 35.7 Å². The summed E-state index contributed by atoms with van der Waals surface area (Å²) in [4.78, 5) is 30.5. The molecular formula is C19H24N2O4S. The summed E-state index contributed by atoms with van der Waals surface area (Å²) in [6, 6.07) is 9.65. The van der Waals surface area contributed by atoms with Gasteiger partial charge in [0.05, 0.1) is 19.6 Å². The van der Waals surface area contributed by atoms with Crippen LogP contribution in [0.4, 0.5) is 0 Å². The van der Waals surface area contributed by atoms with Crippen molar-refractivity contribution in [1.82, 2.24) is 9.88 Å². The molecule has 140 valence electrons. The Morgan fingerprint density at radius 1 is 1.23 bits per heavy atom. The molecular weight excluding hydrogens is 352 g/mol. The number of hydrogen-bond acceptors (Lipinski definition) is 6. The average Bonchev–Trinajstić information content (AvgIpc) is 3.11. The molecule has 0 aliphatic rings. The molecule has 0 saturated heterocycles. The van der Waals surface area contributed by atoms with E-state index in [1.165, 1.54) is 11.3 Å². The van der Waals surface area contributed by atoms with E-state index in [1.807, 2.05) is 30.3 Å². The summed E-state index contributed by atoms with van der Waals surface area (Å²) < 4.78 is 10.1. The minimum Gasteiger partial charge on any atom is -0.461 e. The number of thiazole rings is 1. The minimum absolute atomic E-state index is 0.0280. The van der Waals surface area contributed by atoms with E-state index < -0.39 is 5.97 Å². The van der Waals surface area contributed by atoms with E-state index >= 15 is 0 Å². The zero-order valence-corrected chi connectivity index (χ0v) is 16.0. The lowest BCUT2D eigenvalue weighted by atomic mass is 10.1. The number of benzene rings is 1. The molecule has 0 saturated carbocycles. The van der Waals surface area contributed by atoms with Gasteiger partial charge in [0.1, 0.15) is 5.01 Å². The maximum Gasteiger partial charge on any atom is 0.357 e. The van der Waals surface area contributed by atoms with Crippen molar-refractivity contribution >= 4 is 23.2 Å². The van der Waals surface area contributed by atoms with Gasteiger partial charge in [-0.25, -0.2) is 9.78 Å². The number of nitrogens with zero attached hydrogens (tertiary/aromatic N) is 2. The summed E-state index contributed by atoms with van der Waals surface area (Å²) in [5, 5.41) is 2.38. The molecule has 0 spiro atoms. The van der Waals surface area contributed by atoms with Gasteiger partial charge in [0.25, 0.3) is 0 Å². The quantitative estimate of drug-likeness (QED) is 0.471. The summed E-state index contributed by atoms with van der Waals surface area (Å²) >= 11 is 1.36. The van der Waals surface area contributed by atoms with E-state index in [0.717, 1.165) is 12.0 Å². The maximum absolute atomic E-state index is 12.7. The van der Waals surface area contributed by atoms with Crippen molar-refractivity contribution in [1.29, 1.82) is 0 Å². The van der Waals surface area contributed by atoms with Crippen LogP contribution in [0.3, 0.4) is 0 Å². The van der Waals surface area contributed by atoms with Crippen LogP contribution in [0.25, 0.3) is 0 Å². The second kappa shape index (κ2) is 10.7. The van der Waals surface area contributed by atoms with E-state index in [2.05, 4.69) is 4.98 Å². The highest BCUT2D eigenvalue weighted by molar-refractivity contribution is 7.09. The highest BCUT2D eigenvalue weighted by Crippen LogP contribution is 2.15. The van der Waals surface area contributed by atoms with Crippen LogP contribution in [0.2, 0.25) is 0 Å². The fourth-order valence-corrected chi connectivity index (χ4v) is 3.20. The van der Waals surface area contributed by atoms with Gasteiger partial charge in [-0.05, 0) is 18.9 Å². The third-order valence-corrected chi connectivity index (χ3v) is 4.52. The van der Waals surface area contributed by atoms with Crippen molar-refractivity contribution in [3.05, 3.63) is 52.0 Å². The third kappa shape index (κ3) is 6.24. The number of carbonyl (C=O) groups excluding carboxylic acids is 2. The maximum atomic E-state index is 12.7. The molecule has 0 N–H and O–H groups in total. The van der Waals surface area contributed by atoms with Gasteiger partial charge in [-0.3, -0.25) is 4.79 Å². The van der Waals surface area contributed by atoms with Gasteiger partial charge in [0.2, 0.25) is 5.91 Å². The molecule has 0 radical (unpaired) electrons. The standard InChI is InChI=1S/C19H24N2O4S/c1-3-25-19(23)16-14-26-17(20-16)13-21(10-7-11-24-2)18(22)12-15-8-5-4-6-9-15/h4-6,8-9,14H,3,7,10-13H2,1-2H3. The highest BCUT2D eigenvalue weighted by Gasteiger charge is 2.18. The smallest absolute Gasteiger partial charge is 0.357 e. The number of rotatable bonds is 10. The molecule has 7 heteroatoms. The normalized spacial score (nSPS) is 10.5. The predicted octanol–water partition coefficient (Wildman–Crippen LogP) is 2.93. The zero-order chi connectivity index (χ0) is 18.8. The number of aromatic nitrogens is 1. The summed E-state index contributed by atoms with van der Waals surface area (Å²) in [6.45, 7) is 3.60. The number of methoxy groups -OCH3 is 1. The first kappa shape index (κ1) is 20.1. The molecule has 0 fully saturated rings. The van der Waals surface area contributed by atoms with Crippen LogP contribution < -0.4 is 0 Å². The number of esters is 1. The summed E-state index contributed by atoms with van der Waals surface area (Å²) in [5.74, 6) is -0.406. The van der Waals surface area contributed by atoms with Crippen molar-refractivity contribution in [3.63, 3.8) is 0 Å². The Labute approximate surface area is 157 Å². The Kier molecular flexibility index (Phi) is 8.24. The lowest BCUT2D eigenvalue weighted by molar-refractivity contribution is -0.131. The van der Waals surface area contributed by atoms with E-state index in [0.29, 0.717) is 43.4 Å². The number of carbonyl (C=O) groups is 2. The fourth-order valence-electron chi connectivity index (χ4n) is 2.42. The summed E-state index contributed by atoms with van der Waals surface area (Å²) in [5.41, 5.74) is 1.26. The Morgan fingerprint density at radius 3 is 2.69 bits per heavy atom. The number of hydrogen-bond donors (Lipinski definition) is 0. The number of amides is 1. The van der Waals surface area contributed by atoms with Gasteiger partial charge < -0.3 is 14.4 Å². The average molecular weight is 376 g/mol. The Bertz CT molecular complexity index is 703. The van der Waals surface area contributed by atoms with Crippen molar-refractivity contribution in [2.75, 3.05) is 26.9 Å². The SMILES string of the molecule is CCOC(=O)c1csc(CN(CCCOC)C(=O)Cc2ccccc2)n1. The molecule has 1 heterocycles. The first-order valence-electron chi connectivity index (χ1n) is 8.56. The zero-order valence-electron chi connectivity index (χ0n) is 15.1. The molecule has 1 aromatic carbocycles. The minimum atomic E-state index is -0.434. The summed E-state index contributed by atoms with van der Waals surface area (Å²) in [6.07, 6.45) is 1.08. The van der Waals surface area contributed by atoms with Crippen LogP contribution in [0, 0.1) is 0 Å². The van der Waals surface area contributed by atoms with Gasteiger partial charge in [-0.1, -0.05) is 30.3 Å². The Morgan fingerprint density at radius 2 is 2.00 bits per heavy atom. The molecule has 1 aromatic heterocycles.